The Hall–Kier alpha value is -2.67. The van der Waals surface area contributed by atoms with Crippen LogP contribution in [0.25, 0.3) is 0 Å². The van der Waals surface area contributed by atoms with Gasteiger partial charge in [-0.25, -0.2) is 4.98 Å². The molecule has 0 bridgehead atoms. The molecule has 3 rings (SSSR count). The van der Waals surface area contributed by atoms with Crippen LogP contribution in [0.5, 0.6) is 0 Å². The molecule has 0 spiro atoms. The quantitative estimate of drug-likeness (QED) is 0.647. The Balaban J connectivity index is 1.65. The fraction of sp³-hybridized carbons (Fsp3) is 0.476. The Bertz CT molecular complexity index is 801. The van der Waals surface area contributed by atoms with Gasteiger partial charge in [0, 0.05) is 33.4 Å². The molecule has 1 aliphatic rings. The van der Waals surface area contributed by atoms with Gasteiger partial charge in [-0.3, -0.25) is 9.59 Å². The molecule has 0 aliphatic carbocycles. The van der Waals surface area contributed by atoms with E-state index >= 15 is 0 Å². The van der Waals surface area contributed by atoms with Crippen molar-refractivity contribution in [2.75, 3.05) is 26.8 Å². The molecule has 28 heavy (non-hydrogen) atoms. The number of nitrogens with one attached hydrogen (secondary N) is 2. The van der Waals surface area contributed by atoms with E-state index in [1.165, 1.54) is 5.56 Å². The summed E-state index contributed by atoms with van der Waals surface area (Å²) in [6.07, 6.45) is 4.26. The third kappa shape index (κ3) is 4.98. The Labute approximate surface area is 165 Å². The van der Waals surface area contributed by atoms with Crippen LogP contribution in [-0.2, 0) is 24.1 Å². The second kappa shape index (κ2) is 10.0. The number of rotatable bonds is 9. The van der Waals surface area contributed by atoms with Gasteiger partial charge in [0.15, 0.2) is 5.82 Å². The van der Waals surface area contributed by atoms with Crippen molar-refractivity contribution in [1.29, 1.82) is 0 Å². The van der Waals surface area contributed by atoms with Crippen molar-refractivity contribution in [3.63, 3.8) is 0 Å². The predicted octanol–water partition coefficient (Wildman–Crippen LogP) is 1.96. The Morgan fingerprint density at radius 3 is 2.68 bits per heavy atom. The van der Waals surface area contributed by atoms with Gasteiger partial charge in [-0.1, -0.05) is 30.3 Å². The number of hydrogen-bond donors (Lipinski definition) is 2. The van der Waals surface area contributed by atoms with Gasteiger partial charge in [-0.15, -0.1) is 0 Å². The van der Waals surface area contributed by atoms with Gasteiger partial charge in [0.2, 0.25) is 0 Å². The molecule has 2 heterocycles. The van der Waals surface area contributed by atoms with E-state index in [9.17, 15) is 9.59 Å². The number of imidazole rings is 1. The minimum Gasteiger partial charge on any atom is -0.385 e. The molecule has 2 aromatic rings. The molecule has 7 nitrogen and oxygen atoms in total. The van der Waals surface area contributed by atoms with Gasteiger partial charge >= 0.3 is 0 Å². The molecule has 2 N–H and O–H groups in total. The van der Waals surface area contributed by atoms with Crippen LogP contribution in [0.1, 0.15) is 51.6 Å². The number of nitrogens with zero attached hydrogens (tertiary/aromatic N) is 2. The number of amides is 2. The summed E-state index contributed by atoms with van der Waals surface area (Å²) in [5.74, 6) is -0.104. The standard InChI is InChI=1S/C21H28N4O3/c1-28-15-7-12-22-20(26)18-17-10-5-6-14-25(17)19(24-18)21(27)23-13-11-16-8-3-2-4-9-16/h2-4,8-9H,5-7,10-15H2,1H3,(H,22,26)(H,23,27). The molecule has 1 aliphatic heterocycles. The molecule has 0 saturated heterocycles. The summed E-state index contributed by atoms with van der Waals surface area (Å²) in [6, 6.07) is 10.0. The van der Waals surface area contributed by atoms with Gasteiger partial charge in [-0.05, 0) is 37.7 Å². The van der Waals surface area contributed by atoms with E-state index in [0.29, 0.717) is 31.2 Å². The highest BCUT2D eigenvalue weighted by Crippen LogP contribution is 2.21. The summed E-state index contributed by atoms with van der Waals surface area (Å²) in [4.78, 5) is 29.7. The molecule has 0 fully saturated rings. The van der Waals surface area contributed by atoms with E-state index in [1.54, 1.807) is 7.11 Å². The molecule has 7 heteroatoms. The molecule has 0 radical (unpaired) electrons. The van der Waals surface area contributed by atoms with E-state index in [4.69, 9.17) is 4.74 Å². The summed E-state index contributed by atoms with van der Waals surface area (Å²) in [6.45, 7) is 2.37. The lowest BCUT2D eigenvalue weighted by atomic mass is 10.1. The molecule has 2 amide bonds. The molecule has 1 aromatic carbocycles. The largest absolute Gasteiger partial charge is 0.385 e. The lowest BCUT2D eigenvalue weighted by Crippen LogP contribution is -2.29. The Morgan fingerprint density at radius 2 is 1.89 bits per heavy atom. The topological polar surface area (TPSA) is 85.2 Å². The maximum Gasteiger partial charge on any atom is 0.287 e. The zero-order valence-electron chi connectivity index (χ0n) is 16.4. The minimum atomic E-state index is -0.225. The van der Waals surface area contributed by atoms with Gasteiger partial charge in [0.05, 0.1) is 5.69 Å². The van der Waals surface area contributed by atoms with E-state index in [0.717, 1.165) is 44.3 Å². The Morgan fingerprint density at radius 1 is 1.11 bits per heavy atom. The third-order valence-electron chi connectivity index (χ3n) is 4.89. The molecule has 0 saturated carbocycles. The molecule has 0 unspecified atom stereocenters. The summed E-state index contributed by atoms with van der Waals surface area (Å²) in [5, 5.41) is 5.81. The summed E-state index contributed by atoms with van der Waals surface area (Å²) >= 11 is 0. The van der Waals surface area contributed by atoms with Crippen LogP contribution in [0.4, 0.5) is 0 Å². The van der Waals surface area contributed by atoms with Crippen LogP contribution in [0.2, 0.25) is 0 Å². The smallest absolute Gasteiger partial charge is 0.287 e. The number of carbonyl (C=O) groups excluding carboxylic acids is 2. The first-order chi connectivity index (χ1) is 13.7. The Kier molecular flexibility index (Phi) is 7.19. The summed E-state index contributed by atoms with van der Waals surface area (Å²) in [5.41, 5.74) is 2.41. The molecule has 150 valence electrons. The van der Waals surface area contributed by atoms with Crippen molar-refractivity contribution < 1.29 is 14.3 Å². The summed E-state index contributed by atoms with van der Waals surface area (Å²) < 4.78 is 6.91. The first-order valence-electron chi connectivity index (χ1n) is 9.89. The van der Waals surface area contributed by atoms with Crippen LogP contribution >= 0.6 is 0 Å². The van der Waals surface area contributed by atoms with Gasteiger partial charge in [-0.2, -0.15) is 0 Å². The zero-order chi connectivity index (χ0) is 19.8. The lowest BCUT2D eigenvalue weighted by molar-refractivity contribution is 0.0938. The van der Waals surface area contributed by atoms with Crippen molar-refractivity contribution in [2.45, 2.75) is 38.6 Å². The molecule has 0 atom stereocenters. The van der Waals surface area contributed by atoms with Gasteiger partial charge in [0.25, 0.3) is 11.8 Å². The number of hydrogen-bond acceptors (Lipinski definition) is 4. The van der Waals surface area contributed by atoms with Gasteiger partial charge < -0.3 is 19.9 Å². The molecular weight excluding hydrogens is 356 g/mol. The van der Waals surface area contributed by atoms with Gasteiger partial charge in [0.1, 0.15) is 5.69 Å². The maximum absolute atomic E-state index is 12.7. The highest BCUT2D eigenvalue weighted by molar-refractivity contribution is 5.97. The van der Waals surface area contributed by atoms with Crippen LogP contribution in [0.3, 0.4) is 0 Å². The van der Waals surface area contributed by atoms with E-state index in [-0.39, 0.29) is 11.8 Å². The first-order valence-corrected chi connectivity index (χ1v) is 9.89. The second-order valence-electron chi connectivity index (χ2n) is 6.93. The molecule has 1 aromatic heterocycles. The average molecular weight is 384 g/mol. The average Bonchev–Trinajstić information content (AvgIpc) is 3.12. The van der Waals surface area contributed by atoms with Crippen molar-refractivity contribution in [3.05, 3.63) is 53.1 Å². The van der Waals surface area contributed by atoms with Crippen LogP contribution in [0.15, 0.2) is 30.3 Å². The normalized spacial score (nSPS) is 13.0. The number of ether oxygens (including phenoxy) is 1. The fourth-order valence-corrected chi connectivity index (χ4v) is 3.44. The second-order valence-corrected chi connectivity index (χ2v) is 6.93. The number of methoxy groups -OCH3 is 1. The van der Waals surface area contributed by atoms with E-state index < -0.39 is 0 Å². The van der Waals surface area contributed by atoms with Crippen LogP contribution in [-0.4, -0.2) is 48.2 Å². The predicted molar refractivity (Wildman–Crippen MR) is 106 cm³/mol. The lowest BCUT2D eigenvalue weighted by Gasteiger charge is -2.17. The van der Waals surface area contributed by atoms with E-state index in [2.05, 4.69) is 15.6 Å². The third-order valence-corrected chi connectivity index (χ3v) is 4.89. The molecular formula is C21H28N4O3. The van der Waals surface area contributed by atoms with Crippen molar-refractivity contribution >= 4 is 11.8 Å². The summed E-state index contributed by atoms with van der Waals surface area (Å²) in [7, 11) is 1.64. The monoisotopic (exact) mass is 384 g/mol. The SMILES string of the molecule is COCCCNC(=O)c1nc(C(=O)NCCc2ccccc2)n2c1CCCC2. The highest BCUT2D eigenvalue weighted by atomic mass is 16.5. The minimum absolute atomic E-state index is 0.218. The number of benzene rings is 1. The zero-order valence-corrected chi connectivity index (χ0v) is 16.4. The number of fused-ring (bicyclic) bond motifs is 1. The number of carbonyl (C=O) groups is 2. The maximum atomic E-state index is 12.7. The van der Waals surface area contributed by atoms with Crippen molar-refractivity contribution in [2.24, 2.45) is 0 Å². The van der Waals surface area contributed by atoms with Crippen LogP contribution < -0.4 is 10.6 Å². The van der Waals surface area contributed by atoms with Crippen LogP contribution in [0, 0.1) is 0 Å². The highest BCUT2D eigenvalue weighted by Gasteiger charge is 2.27. The fourth-order valence-electron chi connectivity index (χ4n) is 3.44. The van der Waals surface area contributed by atoms with E-state index in [1.807, 2.05) is 34.9 Å². The van der Waals surface area contributed by atoms with Crippen molar-refractivity contribution in [3.8, 4) is 0 Å². The number of aromatic nitrogens is 2. The first kappa shape index (κ1) is 20.1. The van der Waals surface area contributed by atoms with Crippen molar-refractivity contribution in [1.82, 2.24) is 20.2 Å².